The van der Waals surface area contributed by atoms with Gasteiger partial charge < -0.3 is 5.32 Å². The number of hydrogen-bond donors (Lipinski definition) is 1. The molecule has 1 unspecified atom stereocenters. The second kappa shape index (κ2) is 4.39. The number of aryl methyl sites for hydroxylation is 1. The van der Waals surface area contributed by atoms with Gasteiger partial charge in [-0.25, -0.2) is 4.98 Å². The average molecular weight is 253 g/mol. The highest BCUT2D eigenvalue weighted by Crippen LogP contribution is 2.19. The van der Waals surface area contributed by atoms with E-state index in [0.29, 0.717) is 6.04 Å². The maximum atomic E-state index is 4.55. The molecule has 3 nitrogen and oxygen atoms in total. The average Bonchev–Trinajstić information content (AvgIpc) is 2.92. The minimum absolute atomic E-state index is 0.689. The van der Waals surface area contributed by atoms with Crippen molar-refractivity contribution >= 4 is 28.1 Å². The molecule has 0 amide bonds. The fourth-order valence-corrected chi connectivity index (χ4v) is 4.06. The smallest absolute Gasteiger partial charge is 0.194 e. The third-order valence-electron chi connectivity index (χ3n) is 3.05. The maximum Gasteiger partial charge on any atom is 0.194 e. The Kier molecular flexibility index (Phi) is 2.91. The summed E-state index contributed by atoms with van der Waals surface area (Å²) in [4.78, 5) is 5.66. The van der Waals surface area contributed by atoms with Gasteiger partial charge in [0.25, 0.3) is 0 Å². The fourth-order valence-electron chi connectivity index (χ4n) is 2.09. The number of thioether (sulfide) groups is 1. The molecular weight excluding hydrogens is 238 g/mol. The van der Waals surface area contributed by atoms with Crippen molar-refractivity contribution in [2.75, 3.05) is 11.5 Å². The van der Waals surface area contributed by atoms with E-state index in [4.69, 9.17) is 0 Å². The summed E-state index contributed by atoms with van der Waals surface area (Å²) in [6, 6.07) is 0.689. The van der Waals surface area contributed by atoms with Crippen LogP contribution in [0, 0.1) is 6.92 Å². The lowest BCUT2D eigenvalue weighted by atomic mass is 10.2. The summed E-state index contributed by atoms with van der Waals surface area (Å²) in [5, 5.41) is 5.72. The van der Waals surface area contributed by atoms with Crippen LogP contribution in [0.25, 0.3) is 4.96 Å². The number of fused-ring (bicyclic) bond motifs is 1. The maximum absolute atomic E-state index is 4.55. The van der Waals surface area contributed by atoms with E-state index in [1.165, 1.54) is 23.6 Å². The Morgan fingerprint density at radius 3 is 3.38 bits per heavy atom. The van der Waals surface area contributed by atoms with Crippen molar-refractivity contribution in [3.05, 3.63) is 23.0 Å². The summed E-state index contributed by atoms with van der Waals surface area (Å²) in [5.74, 6) is 2.56. The molecule has 1 N–H and O–H groups in total. The summed E-state index contributed by atoms with van der Waals surface area (Å²) in [5.41, 5.74) is 2.47. The molecule has 3 rings (SSSR count). The quantitative estimate of drug-likeness (QED) is 0.910. The number of nitrogens with one attached hydrogen (secondary N) is 1. The summed E-state index contributed by atoms with van der Waals surface area (Å²) in [6.45, 7) is 3.04. The SMILES string of the molecule is Cc1nc2sccn2c1CNC1CCSC1. The Bertz CT molecular complexity index is 482. The minimum atomic E-state index is 0.689. The number of imidazole rings is 1. The van der Waals surface area contributed by atoms with Gasteiger partial charge in [0.1, 0.15) is 0 Å². The van der Waals surface area contributed by atoms with E-state index in [2.05, 4.69) is 33.2 Å². The first-order chi connectivity index (χ1) is 7.84. The Balaban J connectivity index is 1.77. The van der Waals surface area contributed by atoms with Gasteiger partial charge in [-0.05, 0) is 19.1 Å². The van der Waals surface area contributed by atoms with Crippen LogP contribution < -0.4 is 5.32 Å². The number of aromatic nitrogens is 2. The van der Waals surface area contributed by atoms with Crippen molar-refractivity contribution in [1.82, 2.24) is 14.7 Å². The van der Waals surface area contributed by atoms with E-state index >= 15 is 0 Å². The second-order valence-electron chi connectivity index (χ2n) is 4.14. The highest BCUT2D eigenvalue weighted by molar-refractivity contribution is 7.99. The molecule has 1 aliphatic heterocycles. The molecule has 0 radical (unpaired) electrons. The Labute approximate surface area is 103 Å². The zero-order valence-corrected chi connectivity index (χ0v) is 10.9. The van der Waals surface area contributed by atoms with Gasteiger partial charge in [-0.15, -0.1) is 11.3 Å². The first kappa shape index (κ1) is 10.6. The fraction of sp³-hybridized carbons (Fsp3) is 0.545. The third kappa shape index (κ3) is 1.87. The number of rotatable bonds is 3. The molecule has 0 spiro atoms. The summed E-state index contributed by atoms with van der Waals surface area (Å²) in [7, 11) is 0. The van der Waals surface area contributed by atoms with Gasteiger partial charge in [0.2, 0.25) is 0 Å². The molecule has 5 heteroatoms. The largest absolute Gasteiger partial charge is 0.308 e. The molecular formula is C11H15N3S2. The van der Waals surface area contributed by atoms with E-state index in [0.717, 1.165) is 17.2 Å². The van der Waals surface area contributed by atoms with Crippen molar-refractivity contribution in [2.45, 2.75) is 25.9 Å². The summed E-state index contributed by atoms with van der Waals surface area (Å²) in [6.07, 6.45) is 3.41. The molecule has 3 heterocycles. The van der Waals surface area contributed by atoms with Gasteiger partial charge in [-0.2, -0.15) is 11.8 Å². The zero-order valence-electron chi connectivity index (χ0n) is 9.27. The lowest BCUT2D eigenvalue weighted by Crippen LogP contribution is -2.28. The van der Waals surface area contributed by atoms with Gasteiger partial charge in [0.05, 0.1) is 11.4 Å². The van der Waals surface area contributed by atoms with Crippen LogP contribution in [-0.2, 0) is 6.54 Å². The molecule has 2 aromatic rings. The highest BCUT2D eigenvalue weighted by Gasteiger charge is 2.16. The first-order valence-corrected chi connectivity index (χ1v) is 7.60. The monoisotopic (exact) mass is 253 g/mol. The van der Waals surface area contributed by atoms with Gasteiger partial charge in [-0.1, -0.05) is 0 Å². The van der Waals surface area contributed by atoms with E-state index in [-0.39, 0.29) is 0 Å². The third-order valence-corrected chi connectivity index (χ3v) is 4.97. The van der Waals surface area contributed by atoms with E-state index in [1.54, 1.807) is 11.3 Å². The van der Waals surface area contributed by atoms with Gasteiger partial charge in [0.15, 0.2) is 4.96 Å². The summed E-state index contributed by atoms with van der Waals surface area (Å²) >= 11 is 3.75. The number of hydrogen-bond acceptors (Lipinski definition) is 4. The van der Waals surface area contributed by atoms with Gasteiger partial charge in [0, 0.05) is 29.9 Å². The topological polar surface area (TPSA) is 29.3 Å². The van der Waals surface area contributed by atoms with Crippen LogP contribution in [0.5, 0.6) is 0 Å². The van der Waals surface area contributed by atoms with Crippen molar-refractivity contribution < 1.29 is 0 Å². The Morgan fingerprint density at radius 1 is 1.62 bits per heavy atom. The molecule has 1 atom stereocenters. The summed E-state index contributed by atoms with van der Waals surface area (Å²) < 4.78 is 2.20. The van der Waals surface area contributed by atoms with E-state index in [1.807, 2.05) is 11.8 Å². The van der Waals surface area contributed by atoms with Crippen LogP contribution in [0.15, 0.2) is 11.6 Å². The molecule has 1 aliphatic rings. The lowest BCUT2D eigenvalue weighted by Gasteiger charge is -2.10. The van der Waals surface area contributed by atoms with Crippen LogP contribution in [0.4, 0.5) is 0 Å². The van der Waals surface area contributed by atoms with Gasteiger partial charge >= 0.3 is 0 Å². The van der Waals surface area contributed by atoms with Crippen molar-refractivity contribution in [3.8, 4) is 0 Å². The lowest BCUT2D eigenvalue weighted by molar-refractivity contribution is 0.549. The van der Waals surface area contributed by atoms with Crippen LogP contribution in [-0.4, -0.2) is 26.9 Å². The van der Waals surface area contributed by atoms with E-state index in [9.17, 15) is 0 Å². The first-order valence-electron chi connectivity index (χ1n) is 5.57. The predicted octanol–water partition coefficient (Wildman–Crippen LogP) is 2.30. The van der Waals surface area contributed by atoms with Gasteiger partial charge in [-0.3, -0.25) is 4.40 Å². The molecule has 0 bridgehead atoms. The minimum Gasteiger partial charge on any atom is -0.308 e. The number of nitrogens with zero attached hydrogens (tertiary/aromatic N) is 2. The molecule has 86 valence electrons. The van der Waals surface area contributed by atoms with Crippen LogP contribution in [0.2, 0.25) is 0 Å². The molecule has 0 aromatic carbocycles. The highest BCUT2D eigenvalue weighted by atomic mass is 32.2. The second-order valence-corrected chi connectivity index (χ2v) is 6.16. The molecule has 2 aromatic heterocycles. The number of thiazole rings is 1. The van der Waals surface area contributed by atoms with Crippen molar-refractivity contribution in [2.24, 2.45) is 0 Å². The van der Waals surface area contributed by atoms with Crippen molar-refractivity contribution in [1.29, 1.82) is 0 Å². The predicted molar refractivity (Wildman–Crippen MR) is 70.4 cm³/mol. The molecule has 1 saturated heterocycles. The molecule has 16 heavy (non-hydrogen) atoms. The Hall–Kier alpha value is -0.520. The Morgan fingerprint density at radius 2 is 2.56 bits per heavy atom. The molecule has 0 saturated carbocycles. The zero-order chi connectivity index (χ0) is 11.0. The molecule has 1 fully saturated rings. The van der Waals surface area contributed by atoms with Crippen LogP contribution in [0.1, 0.15) is 17.8 Å². The normalized spacial score (nSPS) is 20.9. The standard InChI is InChI=1S/C11H15N3S2/c1-8-10(6-12-9-2-4-15-7-9)14-3-5-16-11(14)13-8/h3,5,9,12H,2,4,6-7H2,1H3. The van der Waals surface area contributed by atoms with Crippen LogP contribution in [0.3, 0.4) is 0 Å². The van der Waals surface area contributed by atoms with E-state index < -0.39 is 0 Å². The van der Waals surface area contributed by atoms with Crippen molar-refractivity contribution in [3.63, 3.8) is 0 Å². The van der Waals surface area contributed by atoms with Crippen LogP contribution >= 0.6 is 23.1 Å². The molecule has 0 aliphatic carbocycles.